The highest BCUT2D eigenvalue weighted by Crippen LogP contribution is 2.25. The molecule has 1 N–H and O–H groups in total. The second-order valence-electron chi connectivity index (χ2n) is 4.35. The molecule has 0 aliphatic carbocycles. The van der Waals surface area contributed by atoms with Crippen LogP contribution in [0.1, 0.15) is 6.92 Å². The summed E-state index contributed by atoms with van der Waals surface area (Å²) in [6, 6.07) is 5.07. The fourth-order valence-electron chi connectivity index (χ4n) is 1.85. The molecule has 0 spiro atoms. The maximum Gasteiger partial charge on any atom is 0.245 e. The fraction of sp³-hybridized carbons (Fsp3) is 0.308. The first kappa shape index (κ1) is 13.4. The van der Waals surface area contributed by atoms with E-state index in [1.165, 1.54) is 0 Å². The van der Waals surface area contributed by atoms with Crippen molar-refractivity contribution >= 4 is 34.8 Å². The Morgan fingerprint density at radius 3 is 2.56 bits per heavy atom. The number of nitrogens with zero attached hydrogens (tertiary/aromatic N) is 1. The molecule has 0 saturated carbocycles. The summed E-state index contributed by atoms with van der Waals surface area (Å²) in [4.78, 5) is 14.1. The molecule has 1 aliphatic rings. The summed E-state index contributed by atoms with van der Waals surface area (Å²) in [7, 11) is 1.92. The van der Waals surface area contributed by atoms with Crippen LogP contribution in [0.4, 0.5) is 5.69 Å². The van der Waals surface area contributed by atoms with E-state index in [0.717, 1.165) is 0 Å². The summed E-state index contributed by atoms with van der Waals surface area (Å²) in [6.07, 6.45) is 3.91. The molecule has 0 aromatic heterocycles. The minimum Gasteiger partial charge on any atom is -0.324 e. The molecule has 0 radical (unpaired) electrons. The second-order valence-corrected chi connectivity index (χ2v) is 5.17. The zero-order chi connectivity index (χ0) is 13.3. The number of carbonyl (C=O) groups excluding carboxylic acids is 1. The van der Waals surface area contributed by atoms with Gasteiger partial charge >= 0.3 is 0 Å². The highest BCUT2D eigenvalue weighted by atomic mass is 35.5. The van der Waals surface area contributed by atoms with Crippen molar-refractivity contribution in [1.82, 2.24) is 4.90 Å². The monoisotopic (exact) mass is 284 g/mol. The topological polar surface area (TPSA) is 32.3 Å². The van der Waals surface area contributed by atoms with Crippen molar-refractivity contribution in [3.05, 3.63) is 40.4 Å². The Morgan fingerprint density at radius 2 is 2.00 bits per heavy atom. The third kappa shape index (κ3) is 2.69. The van der Waals surface area contributed by atoms with Crippen LogP contribution in [-0.4, -0.2) is 29.9 Å². The number of hydrogen-bond acceptors (Lipinski definition) is 2. The van der Waals surface area contributed by atoms with Gasteiger partial charge in [0.05, 0.1) is 10.0 Å². The molecule has 2 atom stereocenters. The average Bonchev–Trinajstić information content (AvgIpc) is 2.65. The van der Waals surface area contributed by atoms with Gasteiger partial charge in [-0.25, -0.2) is 0 Å². The van der Waals surface area contributed by atoms with Crippen LogP contribution in [0.25, 0.3) is 0 Å². The van der Waals surface area contributed by atoms with Gasteiger partial charge in [-0.15, -0.1) is 0 Å². The summed E-state index contributed by atoms with van der Waals surface area (Å²) in [6.45, 7) is 2.04. The van der Waals surface area contributed by atoms with Crippen LogP contribution in [0, 0.1) is 0 Å². The molecular formula is C13H14Cl2N2O. The van der Waals surface area contributed by atoms with Crippen LogP contribution in [0.2, 0.25) is 10.0 Å². The molecule has 0 bridgehead atoms. The van der Waals surface area contributed by atoms with Crippen LogP contribution in [0.5, 0.6) is 0 Å². The molecular weight excluding hydrogens is 271 g/mol. The largest absolute Gasteiger partial charge is 0.324 e. The Morgan fingerprint density at radius 1 is 1.28 bits per heavy atom. The van der Waals surface area contributed by atoms with Crippen LogP contribution in [0.3, 0.4) is 0 Å². The molecule has 96 valence electrons. The molecule has 1 aromatic rings. The van der Waals surface area contributed by atoms with Crippen LogP contribution < -0.4 is 5.32 Å². The van der Waals surface area contributed by atoms with E-state index in [1.54, 1.807) is 18.2 Å². The number of nitrogens with one attached hydrogen (secondary N) is 1. The Kier molecular flexibility index (Phi) is 3.95. The lowest BCUT2D eigenvalue weighted by atomic mass is 10.2. The summed E-state index contributed by atoms with van der Waals surface area (Å²) >= 11 is 11.7. The highest BCUT2D eigenvalue weighted by molar-refractivity contribution is 6.42. The van der Waals surface area contributed by atoms with E-state index in [0.29, 0.717) is 15.7 Å². The van der Waals surface area contributed by atoms with Gasteiger partial charge in [0.25, 0.3) is 0 Å². The van der Waals surface area contributed by atoms with Gasteiger partial charge in [0.2, 0.25) is 5.91 Å². The van der Waals surface area contributed by atoms with Gasteiger partial charge in [-0.1, -0.05) is 35.4 Å². The fourth-order valence-corrected chi connectivity index (χ4v) is 2.15. The van der Waals surface area contributed by atoms with Gasteiger partial charge in [-0.3, -0.25) is 9.69 Å². The molecule has 0 fully saturated rings. The third-order valence-corrected chi connectivity index (χ3v) is 3.85. The maximum absolute atomic E-state index is 12.1. The quantitative estimate of drug-likeness (QED) is 0.846. The number of benzene rings is 1. The molecule has 1 heterocycles. The van der Waals surface area contributed by atoms with Crippen molar-refractivity contribution in [1.29, 1.82) is 0 Å². The van der Waals surface area contributed by atoms with Crippen molar-refractivity contribution in [2.45, 2.75) is 19.0 Å². The summed E-state index contributed by atoms with van der Waals surface area (Å²) in [5.74, 6) is -0.0727. The van der Waals surface area contributed by atoms with E-state index >= 15 is 0 Å². The van der Waals surface area contributed by atoms with Gasteiger partial charge in [-0.05, 0) is 32.2 Å². The number of likely N-dealkylation sites (N-methyl/N-ethyl adjacent to an activating group) is 1. The predicted octanol–water partition coefficient (Wildman–Crippen LogP) is 3.19. The molecule has 3 nitrogen and oxygen atoms in total. The second kappa shape index (κ2) is 5.31. The zero-order valence-electron chi connectivity index (χ0n) is 10.2. The van der Waals surface area contributed by atoms with Gasteiger partial charge < -0.3 is 5.32 Å². The molecule has 1 amide bonds. The van der Waals surface area contributed by atoms with Crippen LogP contribution in [0.15, 0.2) is 30.4 Å². The lowest BCUT2D eigenvalue weighted by Gasteiger charge is -2.22. The molecule has 2 rings (SSSR count). The van der Waals surface area contributed by atoms with Gasteiger partial charge in [0.1, 0.15) is 6.04 Å². The van der Waals surface area contributed by atoms with E-state index in [1.807, 2.05) is 31.0 Å². The molecule has 0 saturated heterocycles. The summed E-state index contributed by atoms with van der Waals surface area (Å²) < 4.78 is 0. The molecule has 1 aromatic carbocycles. The van der Waals surface area contributed by atoms with Crippen molar-refractivity contribution in [2.75, 3.05) is 12.4 Å². The smallest absolute Gasteiger partial charge is 0.245 e. The van der Waals surface area contributed by atoms with Crippen LogP contribution in [-0.2, 0) is 4.79 Å². The Balaban J connectivity index is 2.08. The first-order valence-electron chi connectivity index (χ1n) is 5.65. The molecule has 18 heavy (non-hydrogen) atoms. The van der Waals surface area contributed by atoms with Crippen molar-refractivity contribution in [3.8, 4) is 0 Å². The number of anilines is 1. The van der Waals surface area contributed by atoms with E-state index < -0.39 is 0 Å². The maximum atomic E-state index is 12.1. The minimum absolute atomic E-state index is 0.0727. The first-order chi connectivity index (χ1) is 8.49. The van der Waals surface area contributed by atoms with E-state index in [4.69, 9.17) is 23.2 Å². The highest BCUT2D eigenvalue weighted by Gasteiger charge is 2.27. The lowest BCUT2D eigenvalue weighted by Crippen LogP contribution is -2.40. The Bertz CT molecular complexity index is 502. The molecule has 5 heteroatoms. The van der Waals surface area contributed by atoms with Gasteiger partial charge in [0, 0.05) is 11.7 Å². The zero-order valence-corrected chi connectivity index (χ0v) is 11.7. The number of halogens is 2. The average molecular weight is 285 g/mol. The standard InChI is InChI=1S/C13H14Cl2N2O/c1-8-3-6-12(17(8)2)13(18)16-9-4-5-10(14)11(15)7-9/h3-8,12H,1-2H3,(H,16,18)/t8-,12-/m0/s1. The van der Waals surface area contributed by atoms with E-state index in [2.05, 4.69) is 5.32 Å². The normalized spacial score (nSPS) is 23.3. The lowest BCUT2D eigenvalue weighted by molar-refractivity contribution is -0.119. The SMILES string of the molecule is C[C@H]1C=C[C@@H](C(=O)Nc2ccc(Cl)c(Cl)c2)N1C. The first-order valence-corrected chi connectivity index (χ1v) is 6.41. The van der Waals surface area contributed by atoms with Crippen molar-refractivity contribution in [2.24, 2.45) is 0 Å². The minimum atomic E-state index is -0.241. The Labute approximate surface area is 116 Å². The van der Waals surface area contributed by atoms with Crippen molar-refractivity contribution < 1.29 is 4.79 Å². The summed E-state index contributed by atoms with van der Waals surface area (Å²) in [5, 5.41) is 3.73. The number of carbonyl (C=O) groups is 1. The van der Waals surface area contributed by atoms with Gasteiger partial charge in [-0.2, -0.15) is 0 Å². The third-order valence-electron chi connectivity index (χ3n) is 3.11. The summed E-state index contributed by atoms with van der Waals surface area (Å²) in [5.41, 5.74) is 0.649. The number of rotatable bonds is 2. The number of amides is 1. The van der Waals surface area contributed by atoms with E-state index in [9.17, 15) is 4.79 Å². The molecule has 1 aliphatic heterocycles. The van der Waals surface area contributed by atoms with Crippen molar-refractivity contribution in [3.63, 3.8) is 0 Å². The Hall–Kier alpha value is -1.03. The van der Waals surface area contributed by atoms with E-state index in [-0.39, 0.29) is 18.0 Å². The van der Waals surface area contributed by atoms with Gasteiger partial charge in [0.15, 0.2) is 0 Å². The predicted molar refractivity (Wildman–Crippen MR) is 75.2 cm³/mol. The van der Waals surface area contributed by atoms with Crippen LogP contribution >= 0.6 is 23.2 Å². The number of hydrogen-bond donors (Lipinski definition) is 1. The molecule has 0 unspecified atom stereocenters.